The molecule has 18 heteroatoms. The summed E-state index contributed by atoms with van der Waals surface area (Å²) in [4.78, 5) is 30.9. The van der Waals surface area contributed by atoms with Crippen LogP contribution in [0.1, 0.15) is 11.1 Å². The van der Waals surface area contributed by atoms with Gasteiger partial charge in [0.15, 0.2) is 0 Å². The van der Waals surface area contributed by atoms with Crippen molar-refractivity contribution < 1.29 is 30.6 Å². The molecule has 2 aromatic heterocycles. The van der Waals surface area contributed by atoms with Crippen LogP contribution in [0.4, 0.5) is 41.1 Å². The van der Waals surface area contributed by atoms with Crippen LogP contribution in [0, 0.1) is 0 Å². The van der Waals surface area contributed by atoms with E-state index in [-0.39, 0.29) is 114 Å². The third-order valence-electron chi connectivity index (χ3n) is 7.08. The second-order valence-electron chi connectivity index (χ2n) is 10.6. The van der Waals surface area contributed by atoms with E-state index in [1.807, 2.05) is 60.7 Å². The van der Waals surface area contributed by atoms with Crippen LogP contribution in [0.15, 0.2) is 48.5 Å². The van der Waals surface area contributed by atoms with Crippen LogP contribution in [0.25, 0.3) is 12.2 Å². The van der Waals surface area contributed by atoms with E-state index in [9.17, 15) is 30.6 Å². The second-order valence-corrected chi connectivity index (χ2v) is 11.0. The molecule has 0 bridgehead atoms. The van der Waals surface area contributed by atoms with Gasteiger partial charge in [0.2, 0.25) is 35.0 Å². The molecular formula is C32H42ClN11O6. The smallest absolute Gasteiger partial charge is 0.233 e. The quantitative estimate of drug-likeness (QED) is 0.0557. The Morgan fingerprint density at radius 2 is 0.780 bits per heavy atom. The molecule has 0 aliphatic rings. The van der Waals surface area contributed by atoms with Crippen molar-refractivity contribution in [3.05, 3.63) is 64.9 Å². The SMILES string of the molecule is OCCN(CCO)c1nc(Cl)nc(Nc2ccc(C=Cc3ccc(Nc4nc(N(CCO)CCO)nc(N(CCO)CCO)n4)cc3)cc2)n1. The van der Waals surface area contributed by atoms with E-state index in [2.05, 4.69) is 40.5 Å². The molecule has 17 nitrogen and oxygen atoms in total. The summed E-state index contributed by atoms with van der Waals surface area (Å²) in [6.45, 7) is 0.250. The van der Waals surface area contributed by atoms with Crippen molar-refractivity contribution in [2.45, 2.75) is 0 Å². The Morgan fingerprint density at radius 3 is 1.12 bits per heavy atom. The molecule has 268 valence electrons. The number of anilines is 7. The van der Waals surface area contributed by atoms with Gasteiger partial charge in [0.25, 0.3) is 0 Å². The van der Waals surface area contributed by atoms with Crippen LogP contribution in [-0.2, 0) is 0 Å². The lowest BCUT2D eigenvalue weighted by atomic mass is 10.1. The van der Waals surface area contributed by atoms with Crippen LogP contribution in [-0.4, -0.2) is 139 Å². The number of halogens is 1. The zero-order chi connectivity index (χ0) is 35.7. The molecule has 0 fully saturated rings. The molecule has 0 unspecified atom stereocenters. The lowest BCUT2D eigenvalue weighted by Crippen LogP contribution is -2.34. The van der Waals surface area contributed by atoms with Gasteiger partial charge in [-0.2, -0.15) is 29.9 Å². The predicted molar refractivity (Wildman–Crippen MR) is 192 cm³/mol. The highest BCUT2D eigenvalue weighted by molar-refractivity contribution is 6.28. The van der Waals surface area contributed by atoms with E-state index in [4.69, 9.17) is 11.6 Å². The van der Waals surface area contributed by atoms with Gasteiger partial charge in [-0.1, -0.05) is 36.4 Å². The summed E-state index contributed by atoms with van der Waals surface area (Å²) in [5.41, 5.74) is 3.30. The maximum Gasteiger partial charge on any atom is 0.233 e. The average molecular weight is 712 g/mol. The zero-order valence-corrected chi connectivity index (χ0v) is 28.1. The molecule has 0 spiro atoms. The van der Waals surface area contributed by atoms with Gasteiger partial charge in [0.05, 0.1) is 39.6 Å². The molecule has 0 aliphatic carbocycles. The van der Waals surface area contributed by atoms with E-state index in [1.165, 1.54) is 0 Å². The lowest BCUT2D eigenvalue weighted by molar-refractivity contribution is 0.278. The number of aliphatic hydroxyl groups is 6. The largest absolute Gasteiger partial charge is 0.395 e. The molecule has 0 atom stereocenters. The maximum atomic E-state index is 9.53. The van der Waals surface area contributed by atoms with Crippen LogP contribution < -0.4 is 25.3 Å². The van der Waals surface area contributed by atoms with Gasteiger partial charge >= 0.3 is 0 Å². The molecule has 0 amide bonds. The highest BCUT2D eigenvalue weighted by Crippen LogP contribution is 2.22. The standard InChI is InChI=1S/C32H42ClN11O6/c33-27-36-28(38-30(37-27)42(11-17-45)12-18-46)34-25-7-3-23(4-8-25)1-2-24-5-9-26(10-6-24)35-29-39-31(43(13-19-47)14-20-48)41-32(40-29)44(15-21-49)16-22-50/h1-10,45-50H,11-22H2,(H,34,36,37,38)(H,35,39,40,41). The Bertz CT molecular complexity index is 1580. The van der Waals surface area contributed by atoms with Gasteiger partial charge in [0, 0.05) is 50.6 Å². The predicted octanol–water partition coefficient (Wildman–Crippen LogP) is 0.741. The number of aromatic nitrogens is 6. The molecule has 0 radical (unpaired) electrons. The summed E-state index contributed by atoms with van der Waals surface area (Å²) in [5.74, 6) is 1.14. The van der Waals surface area contributed by atoms with E-state index >= 15 is 0 Å². The summed E-state index contributed by atoms with van der Waals surface area (Å²) in [6.07, 6.45) is 3.92. The van der Waals surface area contributed by atoms with E-state index in [0.717, 1.165) is 16.8 Å². The summed E-state index contributed by atoms with van der Waals surface area (Å²) < 4.78 is 0. The summed E-state index contributed by atoms with van der Waals surface area (Å²) >= 11 is 6.10. The highest BCUT2D eigenvalue weighted by atomic mass is 35.5. The maximum absolute atomic E-state index is 9.53. The number of hydrogen-bond donors (Lipinski definition) is 8. The fourth-order valence-corrected chi connectivity index (χ4v) is 4.85. The third-order valence-corrected chi connectivity index (χ3v) is 7.25. The van der Waals surface area contributed by atoms with E-state index in [0.29, 0.717) is 5.69 Å². The van der Waals surface area contributed by atoms with Crippen LogP contribution >= 0.6 is 11.6 Å². The average Bonchev–Trinajstić information content (AvgIpc) is 3.11. The van der Waals surface area contributed by atoms with Gasteiger partial charge in [-0.05, 0) is 47.0 Å². The van der Waals surface area contributed by atoms with Crippen molar-refractivity contribution in [3.8, 4) is 0 Å². The molecule has 0 saturated carbocycles. The summed E-state index contributed by atoms with van der Waals surface area (Å²) in [7, 11) is 0. The molecular weight excluding hydrogens is 670 g/mol. The molecule has 50 heavy (non-hydrogen) atoms. The number of nitrogens with one attached hydrogen (secondary N) is 2. The zero-order valence-electron chi connectivity index (χ0n) is 27.3. The molecule has 4 rings (SSSR count). The summed E-state index contributed by atoms with van der Waals surface area (Å²) in [5, 5.41) is 63.0. The van der Waals surface area contributed by atoms with Crippen LogP contribution in [0.5, 0.6) is 0 Å². The normalized spacial score (nSPS) is 11.2. The van der Waals surface area contributed by atoms with Crippen LogP contribution in [0.2, 0.25) is 5.28 Å². The van der Waals surface area contributed by atoms with Crippen molar-refractivity contribution in [1.82, 2.24) is 29.9 Å². The van der Waals surface area contributed by atoms with Gasteiger partial charge in [-0.25, -0.2) is 0 Å². The van der Waals surface area contributed by atoms with Crippen molar-refractivity contribution in [1.29, 1.82) is 0 Å². The van der Waals surface area contributed by atoms with Crippen molar-refractivity contribution >= 4 is 64.9 Å². The Kier molecular flexibility index (Phi) is 15.3. The van der Waals surface area contributed by atoms with Crippen LogP contribution in [0.3, 0.4) is 0 Å². The number of nitrogens with zero attached hydrogens (tertiary/aromatic N) is 9. The monoisotopic (exact) mass is 711 g/mol. The minimum Gasteiger partial charge on any atom is -0.395 e. The van der Waals surface area contributed by atoms with Crippen molar-refractivity contribution in [3.63, 3.8) is 0 Å². The number of hydrogen-bond acceptors (Lipinski definition) is 17. The number of benzene rings is 2. The first-order valence-electron chi connectivity index (χ1n) is 15.9. The fourth-order valence-electron chi connectivity index (χ4n) is 4.70. The Labute approximate surface area is 294 Å². The summed E-state index contributed by atoms with van der Waals surface area (Å²) in [6, 6.07) is 15.2. The Morgan fingerprint density at radius 1 is 0.460 bits per heavy atom. The topological polar surface area (TPSA) is 232 Å². The second kappa shape index (κ2) is 20.1. The number of rotatable bonds is 21. The molecule has 0 saturated heterocycles. The fraction of sp³-hybridized carbons (Fsp3) is 0.375. The van der Waals surface area contributed by atoms with E-state index in [1.54, 1.807) is 14.7 Å². The van der Waals surface area contributed by atoms with Gasteiger partial charge in [-0.3, -0.25) is 0 Å². The molecule has 8 N–H and O–H groups in total. The molecule has 0 aliphatic heterocycles. The van der Waals surface area contributed by atoms with Crippen molar-refractivity contribution in [2.75, 3.05) is 104 Å². The highest BCUT2D eigenvalue weighted by Gasteiger charge is 2.18. The number of aliphatic hydroxyl groups excluding tert-OH is 6. The Hall–Kier alpha value is -4.75. The first-order valence-corrected chi connectivity index (χ1v) is 16.3. The van der Waals surface area contributed by atoms with E-state index < -0.39 is 0 Å². The first-order chi connectivity index (χ1) is 24.4. The lowest BCUT2D eigenvalue weighted by Gasteiger charge is -2.25. The minimum atomic E-state index is -0.175. The minimum absolute atomic E-state index is 0.0209. The Balaban J connectivity index is 1.44. The van der Waals surface area contributed by atoms with Crippen molar-refractivity contribution in [2.24, 2.45) is 0 Å². The van der Waals surface area contributed by atoms with Gasteiger partial charge in [0.1, 0.15) is 0 Å². The third kappa shape index (κ3) is 11.4. The molecule has 4 aromatic rings. The van der Waals surface area contributed by atoms with Gasteiger partial charge in [-0.15, -0.1) is 0 Å². The molecule has 2 heterocycles. The first kappa shape index (κ1) is 38.1. The van der Waals surface area contributed by atoms with Gasteiger partial charge < -0.3 is 56.0 Å². The molecule has 2 aromatic carbocycles.